The number of rotatable bonds is 14. The van der Waals surface area contributed by atoms with Crippen molar-refractivity contribution >= 4 is 22.9 Å². The molecule has 0 saturated carbocycles. The van der Waals surface area contributed by atoms with Gasteiger partial charge in [0, 0.05) is 37.7 Å². The standard InChI is InChI=1S/C41H48FN5O5/c1-7-33(27-13-17-32(49-3)18-14-27)39(46(2)40(48)29-24-35(50-4)38(52-6)36(25-29)51-5)47-21-19-31(20-22-47)43-41-44-34-10-8-9-28(37(34)45-41)23-26-11-15-30(42)16-12-26/h8-18,24-25,31,33,39H,7,19-23H2,1-6H3,(H2,43,44,45). The number of methoxy groups -OCH3 is 4. The molecular weight excluding hydrogens is 661 g/mol. The van der Waals surface area contributed by atoms with E-state index in [9.17, 15) is 9.18 Å². The van der Waals surface area contributed by atoms with Crippen molar-refractivity contribution in [2.24, 2.45) is 0 Å². The first-order valence-electron chi connectivity index (χ1n) is 17.7. The fraction of sp³-hybridized carbons (Fsp3) is 0.366. The number of aromatic amines is 1. The number of amides is 1. The fourth-order valence-corrected chi connectivity index (χ4v) is 7.39. The molecule has 1 aromatic heterocycles. The molecule has 10 nitrogen and oxygen atoms in total. The minimum Gasteiger partial charge on any atom is -0.497 e. The number of piperidine rings is 1. The van der Waals surface area contributed by atoms with E-state index in [-0.39, 0.29) is 29.8 Å². The Balaban J connectivity index is 1.22. The van der Waals surface area contributed by atoms with Crippen LogP contribution in [0.25, 0.3) is 11.0 Å². The van der Waals surface area contributed by atoms with Crippen LogP contribution in [-0.2, 0) is 6.42 Å². The average molecular weight is 710 g/mol. The number of likely N-dealkylation sites (tertiary alicyclic amines) is 1. The molecule has 274 valence electrons. The third-order valence-corrected chi connectivity index (χ3v) is 10.1. The van der Waals surface area contributed by atoms with Crippen LogP contribution in [0.15, 0.2) is 78.9 Å². The Morgan fingerprint density at radius 1 is 0.942 bits per heavy atom. The normalized spacial score (nSPS) is 14.8. The number of nitrogens with one attached hydrogen (secondary N) is 2. The Bertz CT molecular complexity index is 1930. The molecule has 2 heterocycles. The number of hydrogen-bond donors (Lipinski definition) is 2. The van der Waals surface area contributed by atoms with E-state index < -0.39 is 0 Å². The van der Waals surface area contributed by atoms with Gasteiger partial charge >= 0.3 is 0 Å². The number of likely N-dealkylation sites (N-methyl/N-ethyl adjacent to an activating group) is 1. The number of carbonyl (C=O) groups excluding carboxylic acids is 1. The number of para-hydroxylation sites is 1. The lowest BCUT2D eigenvalue weighted by Gasteiger charge is -2.45. The monoisotopic (exact) mass is 709 g/mol. The van der Waals surface area contributed by atoms with Crippen molar-refractivity contribution in [2.75, 3.05) is 53.9 Å². The van der Waals surface area contributed by atoms with Crippen LogP contribution in [0.4, 0.5) is 10.3 Å². The molecule has 1 fully saturated rings. The molecule has 2 unspecified atom stereocenters. The van der Waals surface area contributed by atoms with Gasteiger partial charge in [0.05, 0.1) is 45.6 Å². The molecule has 1 aliphatic rings. The molecule has 6 rings (SSSR count). The van der Waals surface area contributed by atoms with Crippen molar-refractivity contribution in [3.05, 3.63) is 107 Å². The third kappa shape index (κ3) is 7.79. The van der Waals surface area contributed by atoms with Gasteiger partial charge in [0.2, 0.25) is 11.7 Å². The molecule has 2 atom stereocenters. The Morgan fingerprint density at radius 2 is 1.62 bits per heavy atom. The molecule has 0 bridgehead atoms. The Labute approximate surface area is 304 Å². The second-order valence-electron chi connectivity index (χ2n) is 13.2. The SMILES string of the molecule is CCC(c1ccc(OC)cc1)C(N1CCC(Nc2nc3c(Cc4ccc(F)cc4)cccc3[nH]2)CC1)N(C)C(=O)c1cc(OC)c(OC)c(OC)c1. The molecule has 5 aromatic rings. The number of H-pyrrole nitrogens is 1. The second kappa shape index (κ2) is 16.4. The minimum absolute atomic E-state index is 0.0290. The van der Waals surface area contributed by atoms with Gasteiger partial charge in [-0.15, -0.1) is 0 Å². The summed E-state index contributed by atoms with van der Waals surface area (Å²) in [6, 6.07) is 24.5. The van der Waals surface area contributed by atoms with Crippen LogP contribution in [0.3, 0.4) is 0 Å². The van der Waals surface area contributed by atoms with Crippen molar-refractivity contribution in [1.82, 2.24) is 19.8 Å². The molecule has 1 saturated heterocycles. The van der Waals surface area contributed by atoms with Gasteiger partial charge < -0.3 is 34.1 Å². The Hall–Kier alpha value is -5.29. The number of nitrogens with zero attached hydrogens (tertiary/aromatic N) is 3. The van der Waals surface area contributed by atoms with Crippen molar-refractivity contribution in [2.45, 2.75) is 50.7 Å². The van der Waals surface area contributed by atoms with Gasteiger partial charge in [-0.3, -0.25) is 9.69 Å². The summed E-state index contributed by atoms with van der Waals surface area (Å²) in [5.74, 6) is 2.46. The van der Waals surface area contributed by atoms with Gasteiger partial charge in [-0.05, 0) is 84.8 Å². The topological polar surface area (TPSA) is 101 Å². The van der Waals surface area contributed by atoms with Crippen LogP contribution in [0, 0.1) is 5.82 Å². The van der Waals surface area contributed by atoms with Gasteiger partial charge in [-0.2, -0.15) is 0 Å². The number of fused-ring (bicyclic) bond motifs is 1. The maximum Gasteiger partial charge on any atom is 0.255 e. The van der Waals surface area contributed by atoms with Crippen molar-refractivity contribution in [1.29, 1.82) is 0 Å². The largest absolute Gasteiger partial charge is 0.497 e. The van der Waals surface area contributed by atoms with Crippen LogP contribution in [0.2, 0.25) is 0 Å². The van der Waals surface area contributed by atoms with E-state index in [1.54, 1.807) is 40.6 Å². The van der Waals surface area contributed by atoms with Crippen LogP contribution >= 0.6 is 0 Å². The molecule has 52 heavy (non-hydrogen) atoms. The summed E-state index contributed by atoms with van der Waals surface area (Å²) in [5.41, 5.74) is 5.56. The van der Waals surface area contributed by atoms with E-state index in [0.717, 1.165) is 71.8 Å². The number of carbonyl (C=O) groups is 1. The predicted octanol–water partition coefficient (Wildman–Crippen LogP) is 7.50. The summed E-state index contributed by atoms with van der Waals surface area (Å²) in [6.45, 7) is 3.72. The zero-order chi connectivity index (χ0) is 36.8. The summed E-state index contributed by atoms with van der Waals surface area (Å²) < 4.78 is 35.6. The Kier molecular flexibility index (Phi) is 11.5. The molecule has 1 amide bonds. The fourth-order valence-electron chi connectivity index (χ4n) is 7.39. The summed E-state index contributed by atoms with van der Waals surface area (Å²) in [7, 11) is 8.18. The second-order valence-corrected chi connectivity index (χ2v) is 13.2. The lowest BCUT2D eigenvalue weighted by molar-refractivity contribution is 0.0200. The third-order valence-electron chi connectivity index (χ3n) is 10.1. The maximum atomic E-state index is 14.4. The van der Waals surface area contributed by atoms with E-state index >= 15 is 0 Å². The van der Waals surface area contributed by atoms with Crippen molar-refractivity contribution < 1.29 is 28.1 Å². The average Bonchev–Trinajstić information content (AvgIpc) is 3.60. The number of anilines is 1. The van der Waals surface area contributed by atoms with E-state index in [0.29, 0.717) is 29.2 Å². The zero-order valence-corrected chi connectivity index (χ0v) is 30.7. The number of hydrogen-bond acceptors (Lipinski definition) is 8. The van der Waals surface area contributed by atoms with E-state index in [4.69, 9.17) is 23.9 Å². The van der Waals surface area contributed by atoms with E-state index in [2.05, 4.69) is 40.3 Å². The highest BCUT2D eigenvalue weighted by Gasteiger charge is 2.36. The molecule has 2 N–H and O–H groups in total. The van der Waals surface area contributed by atoms with Crippen LogP contribution < -0.4 is 24.3 Å². The molecule has 0 spiro atoms. The summed E-state index contributed by atoms with van der Waals surface area (Å²) in [5, 5.41) is 3.65. The molecule has 0 radical (unpaired) electrons. The van der Waals surface area contributed by atoms with Crippen LogP contribution in [-0.4, -0.2) is 86.5 Å². The molecule has 1 aliphatic heterocycles. The lowest BCUT2D eigenvalue weighted by Crippen LogP contribution is -2.55. The summed E-state index contributed by atoms with van der Waals surface area (Å²) in [6.07, 6.45) is 2.98. The summed E-state index contributed by atoms with van der Waals surface area (Å²) in [4.78, 5) is 27.0. The van der Waals surface area contributed by atoms with E-state index in [1.807, 2.05) is 48.3 Å². The molecule has 4 aromatic carbocycles. The van der Waals surface area contributed by atoms with Gasteiger partial charge in [-0.1, -0.05) is 43.3 Å². The lowest BCUT2D eigenvalue weighted by atomic mass is 9.90. The molecule has 0 aliphatic carbocycles. The first-order chi connectivity index (χ1) is 25.3. The van der Waals surface area contributed by atoms with Crippen LogP contribution in [0.1, 0.15) is 59.2 Å². The highest BCUT2D eigenvalue weighted by atomic mass is 19.1. The predicted molar refractivity (Wildman–Crippen MR) is 202 cm³/mol. The quantitative estimate of drug-likeness (QED) is 0.122. The van der Waals surface area contributed by atoms with Gasteiger partial charge in [0.1, 0.15) is 11.6 Å². The highest BCUT2D eigenvalue weighted by Crippen LogP contribution is 2.39. The minimum atomic E-state index is -0.242. The van der Waals surface area contributed by atoms with Gasteiger partial charge in [0.15, 0.2) is 11.5 Å². The van der Waals surface area contributed by atoms with Gasteiger partial charge in [-0.25, -0.2) is 9.37 Å². The van der Waals surface area contributed by atoms with E-state index in [1.165, 1.54) is 12.1 Å². The number of benzene rings is 4. The number of ether oxygens (including phenoxy) is 4. The maximum absolute atomic E-state index is 14.4. The molecule has 11 heteroatoms. The first-order valence-corrected chi connectivity index (χ1v) is 17.7. The Morgan fingerprint density at radius 3 is 2.21 bits per heavy atom. The van der Waals surface area contributed by atoms with Crippen molar-refractivity contribution in [3.8, 4) is 23.0 Å². The number of imidazole rings is 1. The zero-order valence-electron chi connectivity index (χ0n) is 30.7. The smallest absolute Gasteiger partial charge is 0.255 e. The summed E-state index contributed by atoms with van der Waals surface area (Å²) >= 11 is 0. The van der Waals surface area contributed by atoms with Crippen molar-refractivity contribution in [3.63, 3.8) is 0 Å². The first kappa shape index (κ1) is 36.5. The van der Waals surface area contributed by atoms with Crippen LogP contribution in [0.5, 0.6) is 23.0 Å². The molecular formula is C41H48FN5O5. The number of halogens is 1. The highest BCUT2D eigenvalue weighted by molar-refractivity contribution is 5.95. The van der Waals surface area contributed by atoms with Gasteiger partial charge in [0.25, 0.3) is 5.91 Å². The number of aromatic nitrogens is 2.